The van der Waals surface area contributed by atoms with Crippen molar-refractivity contribution in [3.63, 3.8) is 0 Å². The van der Waals surface area contributed by atoms with Crippen LogP contribution in [0.15, 0.2) is 41.3 Å². The Morgan fingerprint density at radius 1 is 1.44 bits per heavy atom. The number of aromatic nitrogens is 1. The second kappa shape index (κ2) is 5.03. The molecular weight excluding hydrogens is 200 g/mol. The van der Waals surface area contributed by atoms with Gasteiger partial charge in [-0.25, -0.2) is 0 Å². The van der Waals surface area contributed by atoms with E-state index in [1.807, 2.05) is 19.2 Å². The third-order valence-electron chi connectivity index (χ3n) is 2.73. The minimum Gasteiger partial charge on any atom is -0.469 e. The molecule has 1 atom stereocenters. The van der Waals surface area contributed by atoms with E-state index in [-0.39, 0.29) is 6.04 Å². The van der Waals surface area contributed by atoms with Crippen molar-refractivity contribution >= 4 is 0 Å². The van der Waals surface area contributed by atoms with Gasteiger partial charge in [0.15, 0.2) is 0 Å². The molecule has 86 valence electrons. The highest BCUT2D eigenvalue weighted by Crippen LogP contribution is 2.09. The van der Waals surface area contributed by atoms with Gasteiger partial charge in [-0.2, -0.15) is 0 Å². The van der Waals surface area contributed by atoms with Crippen LogP contribution in [0.3, 0.4) is 0 Å². The molecule has 0 aliphatic carbocycles. The van der Waals surface area contributed by atoms with E-state index >= 15 is 0 Å². The molecule has 0 bridgehead atoms. The van der Waals surface area contributed by atoms with Gasteiger partial charge in [-0.15, -0.1) is 0 Å². The topological polar surface area (TPSA) is 44.1 Å². The van der Waals surface area contributed by atoms with E-state index in [4.69, 9.17) is 10.2 Å². The molecule has 0 spiro atoms. The van der Waals surface area contributed by atoms with Crippen LogP contribution in [-0.4, -0.2) is 10.6 Å². The SMILES string of the molecule is Cn1ccc(CC(N)CCc2ccco2)c1. The molecule has 0 aromatic carbocycles. The first kappa shape index (κ1) is 11.0. The first-order valence-corrected chi connectivity index (χ1v) is 5.63. The van der Waals surface area contributed by atoms with Crippen molar-refractivity contribution in [2.75, 3.05) is 0 Å². The highest BCUT2D eigenvalue weighted by atomic mass is 16.3. The van der Waals surface area contributed by atoms with E-state index in [0.29, 0.717) is 0 Å². The van der Waals surface area contributed by atoms with Crippen LogP contribution in [0.4, 0.5) is 0 Å². The summed E-state index contributed by atoms with van der Waals surface area (Å²) in [4.78, 5) is 0. The lowest BCUT2D eigenvalue weighted by atomic mass is 10.0. The normalized spacial score (nSPS) is 12.9. The van der Waals surface area contributed by atoms with Gasteiger partial charge in [0.25, 0.3) is 0 Å². The quantitative estimate of drug-likeness (QED) is 0.835. The summed E-state index contributed by atoms with van der Waals surface area (Å²) >= 11 is 0. The number of nitrogens with two attached hydrogens (primary N) is 1. The van der Waals surface area contributed by atoms with E-state index in [2.05, 4.69) is 23.0 Å². The average Bonchev–Trinajstić information content (AvgIpc) is 2.87. The van der Waals surface area contributed by atoms with Gasteiger partial charge in [-0.3, -0.25) is 0 Å². The summed E-state index contributed by atoms with van der Waals surface area (Å²) < 4.78 is 7.33. The van der Waals surface area contributed by atoms with Gasteiger partial charge in [0.2, 0.25) is 0 Å². The Kier molecular flexibility index (Phi) is 3.47. The van der Waals surface area contributed by atoms with Gasteiger partial charge in [-0.05, 0) is 36.6 Å². The van der Waals surface area contributed by atoms with Crippen LogP contribution < -0.4 is 5.73 Å². The van der Waals surface area contributed by atoms with Crippen LogP contribution in [0.25, 0.3) is 0 Å². The molecule has 0 saturated carbocycles. The van der Waals surface area contributed by atoms with E-state index in [0.717, 1.165) is 25.0 Å². The molecule has 2 aromatic heterocycles. The second-order valence-corrected chi connectivity index (χ2v) is 4.27. The molecule has 3 heteroatoms. The van der Waals surface area contributed by atoms with Gasteiger partial charge in [0.05, 0.1) is 6.26 Å². The third-order valence-corrected chi connectivity index (χ3v) is 2.73. The van der Waals surface area contributed by atoms with Crippen molar-refractivity contribution in [1.29, 1.82) is 0 Å². The zero-order chi connectivity index (χ0) is 11.4. The Bertz CT molecular complexity index is 417. The van der Waals surface area contributed by atoms with E-state index < -0.39 is 0 Å². The monoisotopic (exact) mass is 218 g/mol. The highest BCUT2D eigenvalue weighted by molar-refractivity contribution is 5.11. The fourth-order valence-electron chi connectivity index (χ4n) is 1.87. The van der Waals surface area contributed by atoms with Gasteiger partial charge in [0, 0.05) is 31.9 Å². The van der Waals surface area contributed by atoms with Crippen LogP contribution in [0.1, 0.15) is 17.7 Å². The Balaban J connectivity index is 1.78. The summed E-state index contributed by atoms with van der Waals surface area (Å²) in [7, 11) is 2.03. The van der Waals surface area contributed by atoms with Crippen molar-refractivity contribution < 1.29 is 4.42 Å². The Hall–Kier alpha value is -1.48. The van der Waals surface area contributed by atoms with Crippen LogP contribution in [-0.2, 0) is 19.9 Å². The fourth-order valence-corrected chi connectivity index (χ4v) is 1.87. The lowest BCUT2D eigenvalue weighted by molar-refractivity contribution is 0.484. The van der Waals surface area contributed by atoms with Gasteiger partial charge < -0.3 is 14.7 Å². The third kappa shape index (κ3) is 3.00. The molecule has 2 rings (SSSR count). The van der Waals surface area contributed by atoms with Crippen molar-refractivity contribution in [2.45, 2.75) is 25.3 Å². The predicted molar refractivity (Wildman–Crippen MR) is 64.1 cm³/mol. The van der Waals surface area contributed by atoms with E-state index in [1.54, 1.807) is 6.26 Å². The molecule has 0 saturated heterocycles. The standard InChI is InChI=1S/C13H18N2O/c1-15-7-6-11(10-15)9-12(14)4-5-13-3-2-8-16-13/h2-3,6-8,10,12H,4-5,9,14H2,1H3. The van der Waals surface area contributed by atoms with Crippen LogP contribution in [0.2, 0.25) is 0 Å². The van der Waals surface area contributed by atoms with Crippen molar-refractivity contribution in [3.8, 4) is 0 Å². The summed E-state index contributed by atoms with van der Waals surface area (Å²) in [5.41, 5.74) is 7.38. The second-order valence-electron chi connectivity index (χ2n) is 4.27. The largest absolute Gasteiger partial charge is 0.469 e. The first-order chi connectivity index (χ1) is 7.74. The lowest BCUT2D eigenvalue weighted by Gasteiger charge is -2.08. The molecule has 0 aliphatic heterocycles. The van der Waals surface area contributed by atoms with E-state index in [1.165, 1.54) is 5.56 Å². The number of hydrogen-bond acceptors (Lipinski definition) is 2. The summed E-state index contributed by atoms with van der Waals surface area (Å²) in [6.45, 7) is 0. The van der Waals surface area contributed by atoms with Crippen molar-refractivity contribution in [2.24, 2.45) is 12.8 Å². The molecular formula is C13H18N2O. The van der Waals surface area contributed by atoms with Gasteiger partial charge >= 0.3 is 0 Å². The maximum absolute atomic E-state index is 6.08. The molecule has 3 nitrogen and oxygen atoms in total. The Morgan fingerprint density at radius 3 is 2.94 bits per heavy atom. The molecule has 0 radical (unpaired) electrons. The smallest absolute Gasteiger partial charge is 0.103 e. The minimum absolute atomic E-state index is 0.201. The lowest BCUT2D eigenvalue weighted by Crippen LogP contribution is -2.23. The molecule has 0 amide bonds. The van der Waals surface area contributed by atoms with Crippen LogP contribution >= 0.6 is 0 Å². The van der Waals surface area contributed by atoms with E-state index in [9.17, 15) is 0 Å². The molecule has 0 fully saturated rings. The molecule has 1 unspecified atom stereocenters. The molecule has 2 heterocycles. The molecule has 2 aromatic rings. The van der Waals surface area contributed by atoms with Gasteiger partial charge in [-0.1, -0.05) is 0 Å². The fraction of sp³-hybridized carbons (Fsp3) is 0.385. The number of rotatable bonds is 5. The number of nitrogens with zero attached hydrogens (tertiary/aromatic N) is 1. The first-order valence-electron chi connectivity index (χ1n) is 5.63. The maximum Gasteiger partial charge on any atom is 0.103 e. The number of furan rings is 1. The number of aryl methyl sites for hydroxylation is 2. The summed E-state index contributed by atoms with van der Waals surface area (Å²) in [5, 5.41) is 0. The zero-order valence-electron chi connectivity index (χ0n) is 9.60. The number of hydrogen-bond donors (Lipinski definition) is 1. The highest BCUT2D eigenvalue weighted by Gasteiger charge is 2.06. The Morgan fingerprint density at radius 2 is 2.31 bits per heavy atom. The maximum atomic E-state index is 6.08. The summed E-state index contributed by atoms with van der Waals surface area (Å²) in [6, 6.07) is 6.23. The summed E-state index contributed by atoms with van der Waals surface area (Å²) in [5.74, 6) is 1.02. The molecule has 2 N–H and O–H groups in total. The van der Waals surface area contributed by atoms with Crippen LogP contribution in [0, 0.1) is 0 Å². The van der Waals surface area contributed by atoms with Crippen molar-refractivity contribution in [3.05, 3.63) is 48.2 Å². The van der Waals surface area contributed by atoms with Crippen molar-refractivity contribution in [1.82, 2.24) is 4.57 Å². The molecule has 0 aliphatic rings. The molecule has 16 heavy (non-hydrogen) atoms. The van der Waals surface area contributed by atoms with Crippen LogP contribution in [0.5, 0.6) is 0 Å². The Labute approximate surface area is 95.9 Å². The predicted octanol–water partition coefficient (Wildman–Crippen LogP) is 2.12. The zero-order valence-corrected chi connectivity index (χ0v) is 9.60. The summed E-state index contributed by atoms with van der Waals surface area (Å²) in [6.07, 6.45) is 8.68. The van der Waals surface area contributed by atoms with Gasteiger partial charge in [0.1, 0.15) is 5.76 Å². The average molecular weight is 218 g/mol. The minimum atomic E-state index is 0.201.